The van der Waals surface area contributed by atoms with Gasteiger partial charge in [-0.05, 0) is 62.6 Å². The van der Waals surface area contributed by atoms with E-state index in [4.69, 9.17) is 17.5 Å². The monoisotopic (exact) mass is 549 g/mol. The van der Waals surface area contributed by atoms with Crippen LogP contribution in [0.1, 0.15) is 41.6 Å². The van der Waals surface area contributed by atoms with Crippen LogP contribution in [0.15, 0.2) is 35.7 Å². The number of amides is 2. The summed E-state index contributed by atoms with van der Waals surface area (Å²) in [6.07, 6.45) is -4.75. The lowest BCUT2D eigenvalue weighted by molar-refractivity contribution is -0.137. The maximum atomic E-state index is 13.5. The number of hydrogen-bond donors (Lipinski definition) is 0. The van der Waals surface area contributed by atoms with Crippen LogP contribution in [0.4, 0.5) is 18.9 Å². The second-order valence-electron chi connectivity index (χ2n) is 9.59. The summed E-state index contributed by atoms with van der Waals surface area (Å²) in [4.78, 5) is 33.6. The quantitative estimate of drug-likeness (QED) is 0.521. The smallest absolute Gasteiger partial charge is 0.335 e. The van der Waals surface area contributed by atoms with Crippen molar-refractivity contribution in [3.05, 3.63) is 51.7 Å². The lowest BCUT2D eigenvalue weighted by Crippen LogP contribution is -2.55. The highest BCUT2D eigenvalue weighted by Crippen LogP contribution is 2.38. The van der Waals surface area contributed by atoms with Crippen molar-refractivity contribution >= 4 is 46.2 Å². The van der Waals surface area contributed by atoms with Gasteiger partial charge in [0, 0.05) is 38.8 Å². The first-order valence-electron chi connectivity index (χ1n) is 11.7. The van der Waals surface area contributed by atoms with Crippen LogP contribution in [0.25, 0.3) is 0 Å². The van der Waals surface area contributed by atoms with E-state index < -0.39 is 28.7 Å². The van der Waals surface area contributed by atoms with Crippen molar-refractivity contribution in [1.29, 1.82) is 5.26 Å². The van der Waals surface area contributed by atoms with Gasteiger partial charge >= 0.3 is 6.18 Å². The van der Waals surface area contributed by atoms with Crippen LogP contribution in [-0.2, 0) is 11.0 Å². The van der Waals surface area contributed by atoms with Gasteiger partial charge in [0.2, 0.25) is 0 Å². The molecule has 2 amide bonds. The van der Waals surface area contributed by atoms with Crippen LogP contribution >= 0.6 is 23.6 Å². The van der Waals surface area contributed by atoms with Gasteiger partial charge in [0.05, 0.1) is 27.8 Å². The van der Waals surface area contributed by atoms with E-state index in [9.17, 15) is 22.8 Å². The number of thiocarbonyl (C=S) groups is 1. The molecule has 0 bridgehead atoms. The minimum Gasteiger partial charge on any atom is -0.335 e. The number of carbonyl (C=O) groups is 2. The average molecular weight is 550 g/mol. The molecule has 1 unspecified atom stereocenters. The lowest BCUT2D eigenvalue weighted by Gasteiger charge is -2.41. The Balaban J connectivity index is 1.48. The van der Waals surface area contributed by atoms with E-state index in [-0.39, 0.29) is 22.7 Å². The maximum absolute atomic E-state index is 13.5. The number of nitriles is 1. The largest absolute Gasteiger partial charge is 0.417 e. The first-order valence-corrected chi connectivity index (χ1v) is 13.0. The summed E-state index contributed by atoms with van der Waals surface area (Å²) in [6.45, 7) is 8.24. The molecule has 0 saturated carbocycles. The molecule has 2 aliphatic heterocycles. The van der Waals surface area contributed by atoms with Crippen LogP contribution in [0.5, 0.6) is 0 Å². The van der Waals surface area contributed by atoms with E-state index in [1.165, 1.54) is 17.4 Å². The topological polar surface area (TPSA) is 70.9 Å². The van der Waals surface area contributed by atoms with Gasteiger partial charge in [-0.25, -0.2) is 0 Å². The highest BCUT2D eigenvalue weighted by molar-refractivity contribution is 7.80. The average Bonchev–Trinajstić information content (AvgIpc) is 3.45. The Morgan fingerprint density at radius 3 is 2.46 bits per heavy atom. The van der Waals surface area contributed by atoms with Gasteiger partial charge in [0.1, 0.15) is 5.54 Å². The molecule has 4 rings (SSSR count). The molecule has 7 nitrogen and oxygen atoms in total. The highest BCUT2D eigenvalue weighted by Gasteiger charge is 2.50. The van der Waals surface area contributed by atoms with E-state index in [2.05, 4.69) is 4.90 Å². The minimum absolute atomic E-state index is 0.0195. The molecule has 2 aliphatic rings. The van der Waals surface area contributed by atoms with Gasteiger partial charge in [-0.2, -0.15) is 18.4 Å². The summed E-state index contributed by atoms with van der Waals surface area (Å²) in [6, 6.07) is 8.35. The Bertz CT molecular complexity index is 1250. The molecule has 2 aromatic rings. The number of piperazine rings is 1. The first-order chi connectivity index (χ1) is 17.4. The summed E-state index contributed by atoms with van der Waals surface area (Å²) in [5, 5.41) is 11.1. The summed E-state index contributed by atoms with van der Waals surface area (Å²) in [5.41, 5.74) is -2.72. The van der Waals surface area contributed by atoms with Crippen molar-refractivity contribution in [2.45, 2.75) is 38.5 Å². The van der Waals surface area contributed by atoms with Gasteiger partial charge in [-0.1, -0.05) is 6.07 Å². The molecule has 0 N–H and O–H groups in total. The fourth-order valence-electron chi connectivity index (χ4n) is 4.67. The van der Waals surface area contributed by atoms with E-state index in [1.807, 2.05) is 29.3 Å². The number of halogens is 3. The molecule has 1 atom stereocenters. The van der Waals surface area contributed by atoms with Crippen molar-refractivity contribution < 1.29 is 22.8 Å². The Labute approximate surface area is 222 Å². The zero-order valence-corrected chi connectivity index (χ0v) is 22.2. The second kappa shape index (κ2) is 10.0. The number of hydrogen-bond acceptors (Lipinski definition) is 6. The van der Waals surface area contributed by atoms with Gasteiger partial charge in [0.15, 0.2) is 5.11 Å². The van der Waals surface area contributed by atoms with Crippen LogP contribution in [0, 0.1) is 11.3 Å². The molecule has 12 heteroatoms. The van der Waals surface area contributed by atoms with Crippen molar-refractivity contribution in [1.82, 2.24) is 14.7 Å². The number of nitrogens with zero attached hydrogens (tertiary/aromatic N) is 5. The first kappa shape index (κ1) is 27.0. The predicted octanol–water partition coefficient (Wildman–Crippen LogP) is 4.20. The molecule has 3 heterocycles. The van der Waals surface area contributed by atoms with Crippen LogP contribution in [-0.4, -0.2) is 75.9 Å². The van der Waals surface area contributed by atoms with Gasteiger partial charge in [0.25, 0.3) is 11.8 Å². The van der Waals surface area contributed by atoms with Gasteiger partial charge in [-0.15, -0.1) is 11.3 Å². The third-order valence-corrected chi connectivity index (χ3v) is 8.18. The summed E-state index contributed by atoms with van der Waals surface area (Å²) >= 11 is 7.02. The number of carbonyl (C=O) groups excluding carboxylic acids is 2. The number of thiophene rings is 1. The van der Waals surface area contributed by atoms with E-state index in [1.54, 1.807) is 24.8 Å². The van der Waals surface area contributed by atoms with Gasteiger partial charge < -0.3 is 9.80 Å². The van der Waals surface area contributed by atoms with Crippen LogP contribution < -0.4 is 4.90 Å². The summed E-state index contributed by atoms with van der Waals surface area (Å²) in [5.74, 6) is -0.417. The number of benzene rings is 1. The Hall–Kier alpha value is -3.01. The molecule has 2 saturated heterocycles. The maximum Gasteiger partial charge on any atom is 0.417 e. The molecule has 1 aromatic carbocycles. The minimum atomic E-state index is -4.75. The normalized spacial score (nSPS) is 19.3. The van der Waals surface area contributed by atoms with E-state index in [0.29, 0.717) is 37.6 Å². The molecular weight excluding hydrogens is 523 g/mol. The SMILES string of the molecule is CC(CN1C(=S)N(c2ccc(C#N)c(C(F)(F)F)c2)C(=O)C1(C)C)N1CCN(C(=O)c2cccs2)CC1. The molecule has 37 heavy (non-hydrogen) atoms. The molecular formula is C25H26F3N5O2S2. The van der Waals surface area contributed by atoms with E-state index >= 15 is 0 Å². The number of anilines is 1. The molecule has 2 fully saturated rings. The Morgan fingerprint density at radius 1 is 1.22 bits per heavy atom. The van der Waals surface area contributed by atoms with Crippen molar-refractivity contribution in [3.8, 4) is 6.07 Å². The molecule has 0 radical (unpaired) electrons. The zero-order valence-electron chi connectivity index (χ0n) is 20.6. The lowest BCUT2D eigenvalue weighted by atomic mass is 10.0. The molecule has 0 aliphatic carbocycles. The summed E-state index contributed by atoms with van der Waals surface area (Å²) < 4.78 is 40.6. The molecule has 0 spiro atoms. The Morgan fingerprint density at radius 2 is 1.89 bits per heavy atom. The molecule has 1 aromatic heterocycles. The fraction of sp³-hybridized carbons (Fsp3) is 0.440. The third-order valence-electron chi connectivity index (χ3n) is 6.91. The predicted molar refractivity (Wildman–Crippen MR) is 138 cm³/mol. The summed E-state index contributed by atoms with van der Waals surface area (Å²) in [7, 11) is 0. The van der Waals surface area contributed by atoms with Crippen molar-refractivity contribution in [3.63, 3.8) is 0 Å². The van der Waals surface area contributed by atoms with Crippen LogP contribution in [0.2, 0.25) is 0 Å². The number of alkyl halides is 3. The highest BCUT2D eigenvalue weighted by atomic mass is 32.1. The van der Waals surface area contributed by atoms with Crippen LogP contribution in [0.3, 0.4) is 0 Å². The molecule has 196 valence electrons. The fourth-order valence-corrected chi connectivity index (χ4v) is 5.86. The van der Waals surface area contributed by atoms with Gasteiger partial charge in [-0.3, -0.25) is 19.4 Å². The van der Waals surface area contributed by atoms with E-state index in [0.717, 1.165) is 17.0 Å². The Kier molecular flexibility index (Phi) is 7.34. The van der Waals surface area contributed by atoms with Crippen molar-refractivity contribution in [2.75, 3.05) is 37.6 Å². The standard InChI is InChI=1S/C25H26F3N5O2S2/c1-16(30-8-10-31(11-9-30)21(34)20-5-4-12-37-20)15-32-23(36)33(22(35)24(32,2)3)18-7-6-17(14-29)19(13-18)25(26,27)28/h4-7,12-13,16H,8-11,15H2,1-3H3. The second-order valence-corrected chi connectivity index (χ2v) is 10.9. The van der Waals surface area contributed by atoms with Crippen molar-refractivity contribution in [2.24, 2.45) is 0 Å². The third kappa shape index (κ3) is 5.08. The number of rotatable bonds is 5. The zero-order chi connectivity index (χ0) is 27.1.